The zero-order valence-electron chi connectivity index (χ0n) is 14.5. The van der Waals surface area contributed by atoms with Crippen LogP contribution >= 0.6 is 0 Å². The minimum Gasteiger partial charge on any atom is -0.465 e. The fourth-order valence-corrected chi connectivity index (χ4v) is 3.92. The number of ether oxygens (including phenoxy) is 1. The lowest BCUT2D eigenvalue weighted by atomic mass is 9.90. The molecule has 3 heterocycles. The van der Waals surface area contributed by atoms with E-state index in [0.717, 1.165) is 12.8 Å². The van der Waals surface area contributed by atoms with E-state index in [0.29, 0.717) is 11.3 Å². The van der Waals surface area contributed by atoms with Gasteiger partial charge in [-0.05, 0) is 72.7 Å². The molecule has 3 aliphatic rings. The Balaban J connectivity index is 1.63. The van der Waals surface area contributed by atoms with Crippen molar-refractivity contribution in [2.24, 2.45) is 0 Å². The molecule has 4 heteroatoms. The molecule has 0 saturated carbocycles. The molecule has 0 unspecified atom stereocenters. The molecular formula is C22H19N3O. The van der Waals surface area contributed by atoms with Gasteiger partial charge in [0.2, 0.25) is 0 Å². The van der Waals surface area contributed by atoms with Crippen LogP contribution in [0.25, 0.3) is 6.08 Å². The lowest BCUT2D eigenvalue weighted by molar-refractivity contribution is 0.364. The Labute approximate surface area is 153 Å². The average Bonchev–Trinajstić information content (AvgIpc) is 2.68. The van der Waals surface area contributed by atoms with Gasteiger partial charge in [0.15, 0.2) is 0 Å². The van der Waals surface area contributed by atoms with E-state index in [9.17, 15) is 0 Å². The number of nitriles is 2. The van der Waals surface area contributed by atoms with Crippen LogP contribution in [-0.2, 0) is 17.6 Å². The molecule has 3 aliphatic heterocycles. The SMILES string of the molecule is N#CC(C#N)=C1C=COC(C=Cc2cc3c4c(c2)CCCN4CCC3)=C1. The van der Waals surface area contributed by atoms with Crippen LogP contribution in [0, 0.1) is 22.7 Å². The Morgan fingerprint density at radius 3 is 2.38 bits per heavy atom. The number of hydrogen-bond acceptors (Lipinski definition) is 4. The highest BCUT2D eigenvalue weighted by Gasteiger charge is 2.23. The van der Waals surface area contributed by atoms with Crippen LogP contribution in [0.15, 0.2) is 53.5 Å². The van der Waals surface area contributed by atoms with Crippen LogP contribution in [0.4, 0.5) is 5.69 Å². The summed E-state index contributed by atoms with van der Waals surface area (Å²) in [6.07, 6.45) is 13.5. The van der Waals surface area contributed by atoms with Crippen molar-refractivity contribution in [1.82, 2.24) is 0 Å². The third-order valence-corrected chi connectivity index (χ3v) is 5.06. The fraction of sp³-hybridized carbons (Fsp3) is 0.273. The van der Waals surface area contributed by atoms with E-state index in [-0.39, 0.29) is 5.57 Å². The van der Waals surface area contributed by atoms with E-state index in [1.807, 2.05) is 24.3 Å². The van der Waals surface area contributed by atoms with Crippen molar-refractivity contribution in [1.29, 1.82) is 10.5 Å². The number of allylic oxidation sites excluding steroid dienone is 5. The van der Waals surface area contributed by atoms with Crippen molar-refractivity contribution >= 4 is 11.8 Å². The first-order valence-electron chi connectivity index (χ1n) is 8.96. The molecule has 0 fully saturated rings. The van der Waals surface area contributed by atoms with Gasteiger partial charge in [0, 0.05) is 24.4 Å². The maximum Gasteiger partial charge on any atom is 0.137 e. The van der Waals surface area contributed by atoms with E-state index in [1.165, 1.54) is 54.6 Å². The normalized spacial score (nSPS) is 17.8. The summed E-state index contributed by atoms with van der Waals surface area (Å²) in [4.78, 5) is 2.53. The number of benzene rings is 1. The van der Waals surface area contributed by atoms with Gasteiger partial charge in [-0.3, -0.25) is 0 Å². The van der Waals surface area contributed by atoms with Crippen molar-refractivity contribution in [3.05, 3.63) is 70.2 Å². The maximum absolute atomic E-state index is 9.01. The van der Waals surface area contributed by atoms with E-state index >= 15 is 0 Å². The fourth-order valence-electron chi connectivity index (χ4n) is 3.92. The van der Waals surface area contributed by atoms with Crippen LogP contribution in [0.5, 0.6) is 0 Å². The van der Waals surface area contributed by atoms with E-state index in [4.69, 9.17) is 15.3 Å². The third kappa shape index (κ3) is 3.03. The van der Waals surface area contributed by atoms with Crippen molar-refractivity contribution in [3.63, 3.8) is 0 Å². The molecule has 128 valence electrons. The predicted octanol–water partition coefficient (Wildman–Crippen LogP) is 4.17. The molecule has 0 N–H and O–H groups in total. The smallest absolute Gasteiger partial charge is 0.137 e. The van der Waals surface area contributed by atoms with Crippen molar-refractivity contribution in [2.75, 3.05) is 18.0 Å². The molecule has 0 spiro atoms. The molecule has 0 atom stereocenters. The van der Waals surface area contributed by atoms with E-state index in [2.05, 4.69) is 17.0 Å². The van der Waals surface area contributed by atoms with Gasteiger partial charge in [-0.1, -0.05) is 6.08 Å². The molecule has 1 aromatic rings. The van der Waals surface area contributed by atoms with Crippen LogP contribution in [0.1, 0.15) is 29.5 Å². The Hall–Kier alpha value is -3.24. The summed E-state index contributed by atoms with van der Waals surface area (Å²) in [5, 5.41) is 18.0. The monoisotopic (exact) mass is 341 g/mol. The number of hydrogen-bond donors (Lipinski definition) is 0. The molecule has 0 radical (unpaired) electrons. The summed E-state index contributed by atoms with van der Waals surface area (Å²) >= 11 is 0. The lowest BCUT2D eigenvalue weighted by Crippen LogP contribution is -2.34. The maximum atomic E-state index is 9.01. The summed E-state index contributed by atoms with van der Waals surface area (Å²) in [7, 11) is 0. The van der Waals surface area contributed by atoms with Crippen molar-refractivity contribution in [3.8, 4) is 12.1 Å². The largest absolute Gasteiger partial charge is 0.465 e. The van der Waals surface area contributed by atoms with Gasteiger partial charge in [-0.25, -0.2) is 0 Å². The minimum absolute atomic E-state index is 0.0914. The highest BCUT2D eigenvalue weighted by atomic mass is 16.5. The minimum atomic E-state index is 0.0914. The Kier molecular flexibility index (Phi) is 4.33. The molecule has 26 heavy (non-hydrogen) atoms. The number of rotatable bonds is 2. The first-order valence-corrected chi connectivity index (χ1v) is 8.96. The second-order valence-electron chi connectivity index (χ2n) is 6.74. The summed E-state index contributed by atoms with van der Waals surface area (Å²) in [5.74, 6) is 0.624. The quantitative estimate of drug-likeness (QED) is 0.758. The van der Waals surface area contributed by atoms with Gasteiger partial charge in [0.1, 0.15) is 23.5 Å². The lowest BCUT2D eigenvalue weighted by Gasteiger charge is -2.37. The summed E-state index contributed by atoms with van der Waals surface area (Å²) in [5.41, 5.74) is 6.21. The van der Waals surface area contributed by atoms with Gasteiger partial charge < -0.3 is 9.64 Å². The Morgan fingerprint density at radius 2 is 1.73 bits per heavy atom. The third-order valence-electron chi connectivity index (χ3n) is 5.06. The molecular weight excluding hydrogens is 322 g/mol. The van der Waals surface area contributed by atoms with Crippen LogP contribution in [0.2, 0.25) is 0 Å². The summed E-state index contributed by atoms with van der Waals surface area (Å²) in [6, 6.07) is 8.38. The first kappa shape index (κ1) is 16.2. The molecule has 0 amide bonds. The second kappa shape index (κ2) is 6.94. The molecule has 4 nitrogen and oxygen atoms in total. The number of aryl methyl sites for hydroxylation is 2. The molecule has 0 saturated heterocycles. The average molecular weight is 341 g/mol. The molecule has 1 aromatic carbocycles. The van der Waals surface area contributed by atoms with Crippen LogP contribution in [-0.4, -0.2) is 13.1 Å². The number of anilines is 1. The van der Waals surface area contributed by atoms with E-state index < -0.39 is 0 Å². The highest BCUT2D eigenvalue weighted by Crippen LogP contribution is 2.36. The Bertz CT molecular complexity index is 904. The summed E-state index contributed by atoms with van der Waals surface area (Å²) in [6.45, 7) is 2.36. The Morgan fingerprint density at radius 1 is 1.04 bits per heavy atom. The molecule has 0 aliphatic carbocycles. The zero-order valence-corrected chi connectivity index (χ0v) is 14.5. The van der Waals surface area contributed by atoms with Gasteiger partial charge in [0.05, 0.1) is 6.26 Å². The molecule has 0 bridgehead atoms. The van der Waals surface area contributed by atoms with Gasteiger partial charge >= 0.3 is 0 Å². The van der Waals surface area contributed by atoms with E-state index in [1.54, 1.807) is 12.2 Å². The standard InChI is InChI=1S/C22H19N3O/c23-14-20(15-24)17-7-10-26-21(13-17)6-5-16-11-18-3-1-8-25-9-2-4-19(12-16)22(18)25/h5-7,10-13H,1-4,8-9H2. The van der Waals surface area contributed by atoms with Crippen LogP contribution < -0.4 is 4.90 Å². The topological polar surface area (TPSA) is 60.1 Å². The van der Waals surface area contributed by atoms with Crippen molar-refractivity contribution in [2.45, 2.75) is 25.7 Å². The summed E-state index contributed by atoms with van der Waals surface area (Å²) < 4.78 is 5.50. The highest BCUT2D eigenvalue weighted by molar-refractivity contribution is 5.68. The van der Waals surface area contributed by atoms with Gasteiger partial charge in [0.25, 0.3) is 0 Å². The van der Waals surface area contributed by atoms with Gasteiger partial charge in [-0.2, -0.15) is 10.5 Å². The predicted molar refractivity (Wildman–Crippen MR) is 101 cm³/mol. The first-order chi connectivity index (χ1) is 12.8. The second-order valence-corrected chi connectivity index (χ2v) is 6.74. The number of nitrogens with zero attached hydrogens (tertiary/aromatic N) is 3. The van der Waals surface area contributed by atoms with Crippen LogP contribution in [0.3, 0.4) is 0 Å². The zero-order chi connectivity index (χ0) is 17.9. The van der Waals surface area contributed by atoms with Gasteiger partial charge in [-0.15, -0.1) is 0 Å². The van der Waals surface area contributed by atoms with Crippen molar-refractivity contribution < 1.29 is 4.74 Å². The molecule has 0 aromatic heterocycles. The molecule has 4 rings (SSSR count).